The van der Waals surface area contributed by atoms with Gasteiger partial charge in [0.1, 0.15) is 6.54 Å². The van der Waals surface area contributed by atoms with Crippen molar-refractivity contribution in [3.05, 3.63) is 42.5 Å². The molecule has 122 valence electrons. The molecule has 5 aliphatic rings. The number of carbonyl (C=O) groups excluding carboxylic acids is 3. The van der Waals surface area contributed by atoms with Gasteiger partial charge in [0.05, 0.1) is 11.8 Å². The van der Waals surface area contributed by atoms with Gasteiger partial charge in [-0.1, -0.05) is 30.4 Å². The Hall–Kier alpha value is -2.43. The van der Waals surface area contributed by atoms with Crippen LogP contribution in [0.2, 0.25) is 0 Å². The zero-order chi connectivity index (χ0) is 16.4. The number of imide groups is 1. The molecule has 4 aliphatic carbocycles. The molecule has 2 saturated carbocycles. The number of hydrogen-bond acceptors (Lipinski definition) is 3. The van der Waals surface area contributed by atoms with Crippen LogP contribution in [-0.2, 0) is 14.4 Å². The van der Waals surface area contributed by atoms with Gasteiger partial charge in [0.15, 0.2) is 0 Å². The molecule has 1 aromatic rings. The molecule has 2 bridgehead atoms. The van der Waals surface area contributed by atoms with E-state index in [1.807, 2.05) is 18.2 Å². The van der Waals surface area contributed by atoms with Gasteiger partial charge < -0.3 is 5.32 Å². The van der Waals surface area contributed by atoms with Crippen LogP contribution in [-0.4, -0.2) is 29.2 Å². The van der Waals surface area contributed by atoms with Crippen molar-refractivity contribution in [1.82, 2.24) is 4.90 Å². The highest BCUT2D eigenvalue weighted by atomic mass is 16.2. The Bertz CT molecular complexity index is 736. The molecule has 1 aliphatic heterocycles. The molecule has 1 heterocycles. The van der Waals surface area contributed by atoms with Crippen LogP contribution in [0.3, 0.4) is 0 Å². The predicted molar refractivity (Wildman–Crippen MR) is 86.5 cm³/mol. The van der Waals surface area contributed by atoms with Crippen LogP contribution in [0.4, 0.5) is 5.69 Å². The predicted octanol–water partition coefficient (Wildman–Crippen LogP) is 1.68. The largest absolute Gasteiger partial charge is 0.325 e. The number of nitrogens with one attached hydrogen (secondary N) is 1. The summed E-state index contributed by atoms with van der Waals surface area (Å²) in [5, 5.41) is 2.75. The summed E-state index contributed by atoms with van der Waals surface area (Å²) in [5.41, 5.74) is 0.669. The fourth-order valence-corrected chi connectivity index (χ4v) is 5.04. The van der Waals surface area contributed by atoms with Gasteiger partial charge in [-0.25, -0.2) is 0 Å². The van der Waals surface area contributed by atoms with Crippen molar-refractivity contribution in [2.24, 2.45) is 35.5 Å². The quantitative estimate of drug-likeness (QED) is 0.680. The van der Waals surface area contributed by atoms with Gasteiger partial charge in [-0.05, 0) is 42.2 Å². The van der Waals surface area contributed by atoms with Crippen molar-refractivity contribution in [1.29, 1.82) is 0 Å². The second-order valence-corrected chi connectivity index (χ2v) is 7.33. The fraction of sp³-hybridized carbons (Fsp3) is 0.421. The van der Waals surface area contributed by atoms with Gasteiger partial charge >= 0.3 is 0 Å². The number of hydrogen-bond donors (Lipinski definition) is 1. The summed E-state index contributed by atoms with van der Waals surface area (Å²) >= 11 is 0. The molecule has 0 spiro atoms. The van der Waals surface area contributed by atoms with Gasteiger partial charge in [0, 0.05) is 5.69 Å². The summed E-state index contributed by atoms with van der Waals surface area (Å²) in [6, 6.07) is 9.08. The second-order valence-electron chi connectivity index (χ2n) is 7.33. The van der Waals surface area contributed by atoms with Crippen LogP contribution in [0.25, 0.3) is 0 Å². The smallest absolute Gasteiger partial charge is 0.244 e. The first-order chi connectivity index (χ1) is 11.6. The summed E-state index contributed by atoms with van der Waals surface area (Å²) in [6.45, 7) is -0.186. The summed E-state index contributed by atoms with van der Waals surface area (Å²) in [4.78, 5) is 39.0. The Morgan fingerprint density at radius 1 is 1.00 bits per heavy atom. The van der Waals surface area contributed by atoms with Crippen LogP contribution in [0.15, 0.2) is 42.5 Å². The van der Waals surface area contributed by atoms with Crippen molar-refractivity contribution < 1.29 is 14.4 Å². The van der Waals surface area contributed by atoms with Crippen molar-refractivity contribution in [2.75, 3.05) is 11.9 Å². The van der Waals surface area contributed by atoms with E-state index < -0.39 is 0 Å². The van der Waals surface area contributed by atoms with Crippen LogP contribution < -0.4 is 5.32 Å². The number of allylic oxidation sites excluding steroid dienone is 2. The molecule has 1 saturated heterocycles. The maximum Gasteiger partial charge on any atom is 0.244 e. The van der Waals surface area contributed by atoms with Crippen molar-refractivity contribution in [2.45, 2.75) is 6.42 Å². The Labute approximate surface area is 139 Å². The highest BCUT2D eigenvalue weighted by Crippen LogP contribution is 2.65. The summed E-state index contributed by atoms with van der Waals surface area (Å²) < 4.78 is 0. The van der Waals surface area contributed by atoms with E-state index in [4.69, 9.17) is 0 Å². The molecule has 0 unspecified atom stereocenters. The molecular formula is C19H18N2O3. The highest BCUT2D eigenvalue weighted by molar-refractivity contribution is 6.09. The SMILES string of the molecule is O=C(CN1C(=O)[C@@H]2[C@H]3C=C[C@@H]([C@@H]4C[C@H]34)[C@@H]2C1=O)Nc1ccccc1. The second kappa shape index (κ2) is 4.79. The Morgan fingerprint density at radius 3 is 2.17 bits per heavy atom. The zero-order valence-electron chi connectivity index (χ0n) is 13.1. The van der Waals surface area contributed by atoms with Crippen molar-refractivity contribution in [3.63, 3.8) is 0 Å². The molecule has 0 aromatic heterocycles. The maximum absolute atomic E-state index is 12.8. The van der Waals surface area contributed by atoms with Gasteiger partial charge in [0.2, 0.25) is 17.7 Å². The lowest BCUT2D eigenvalue weighted by Gasteiger charge is -2.37. The average molecular weight is 322 g/mol. The third kappa shape index (κ3) is 1.84. The van der Waals surface area contributed by atoms with E-state index in [1.54, 1.807) is 12.1 Å². The Balaban J connectivity index is 1.34. The minimum atomic E-state index is -0.327. The minimum Gasteiger partial charge on any atom is -0.325 e. The third-order valence-corrected chi connectivity index (χ3v) is 6.11. The Kier molecular flexibility index (Phi) is 2.78. The van der Waals surface area contributed by atoms with Gasteiger partial charge in [-0.2, -0.15) is 0 Å². The first kappa shape index (κ1) is 14.0. The number of rotatable bonds is 3. The van der Waals surface area contributed by atoms with E-state index in [0.29, 0.717) is 17.5 Å². The number of para-hydroxylation sites is 1. The first-order valence-corrected chi connectivity index (χ1v) is 8.53. The normalized spacial score (nSPS) is 38.1. The maximum atomic E-state index is 12.8. The fourth-order valence-electron chi connectivity index (χ4n) is 5.04. The molecule has 5 heteroatoms. The lowest BCUT2D eigenvalue weighted by atomic mass is 9.63. The van der Waals surface area contributed by atoms with E-state index in [-0.39, 0.29) is 47.9 Å². The van der Waals surface area contributed by atoms with Crippen molar-refractivity contribution >= 4 is 23.4 Å². The van der Waals surface area contributed by atoms with E-state index in [1.165, 1.54) is 4.90 Å². The van der Waals surface area contributed by atoms with Gasteiger partial charge in [0.25, 0.3) is 0 Å². The highest BCUT2D eigenvalue weighted by Gasteiger charge is 2.67. The monoisotopic (exact) mass is 322 g/mol. The molecule has 24 heavy (non-hydrogen) atoms. The molecule has 3 amide bonds. The topological polar surface area (TPSA) is 66.5 Å². The molecule has 1 N–H and O–H groups in total. The summed E-state index contributed by atoms with van der Waals surface area (Å²) in [7, 11) is 0. The minimum absolute atomic E-state index is 0.155. The van der Waals surface area contributed by atoms with Crippen LogP contribution in [0.1, 0.15) is 6.42 Å². The third-order valence-electron chi connectivity index (χ3n) is 6.11. The van der Waals surface area contributed by atoms with E-state index in [9.17, 15) is 14.4 Å². The molecular weight excluding hydrogens is 304 g/mol. The number of benzene rings is 1. The lowest BCUT2D eigenvalue weighted by Crippen LogP contribution is -2.40. The standard InChI is InChI=1S/C19H18N2O3/c22-15(20-10-4-2-1-3-5-10)9-21-18(23)16-11-6-7-12(14-8-13(11)14)17(16)19(21)24/h1-7,11-14,16-17H,8-9H2,(H,20,22)/t11-,12-,13-,14+,16-,17+/m0/s1. The molecule has 5 nitrogen and oxygen atoms in total. The van der Waals surface area contributed by atoms with E-state index in [2.05, 4.69) is 17.5 Å². The van der Waals surface area contributed by atoms with E-state index >= 15 is 0 Å². The Morgan fingerprint density at radius 2 is 1.58 bits per heavy atom. The lowest BCUT2D eigenvalue weighted by molar-refractivity contribution is -0.142. The average Bonchev–Trinajstić information content (AvgIpc) is 3.37. The molecule has 0 radical (unpaired) electrons. The van der Waals surface area contributed by atoms with Gasteiger partial charge in [-0.3, -0.25) is 19.3 Å². The molecule has 6 rings (SSSR count). The molecule has 6 atom stereocenters. The first-order valence-electron chi connectivity index (χ1n) is 8.53. The summed E-state index contributed by atoms with van der Waals surface area (Å²) in [6.07, 6.45) is 5.42. The summed E-state index contributed by atoms with van der Waals surface area (Å²) in [5.74, 6) is 0.448. The number of carbonyl (C=O) groups is 3. The molecule has 3 fully saturated rings. The number of amides is 3. The van der Waals surface area contributed by atoms with Gasteiger partial charge in [-0.15, -0.1) is 0 Å². The number of anilines is 1. The molecule has 1 aromatic carbocycles. The van der Waals surface area contributed by atoms with Crippen LogP contribution >= 0.6 is 0 Å². The zero-order valence-corrected chi connectivity index (χ0v) is 13.1. The van der Waals surface area contributed by atoms with Crippen LogP contribution in [0.5, 0.6) is 0 Å². The van der Waals surface area contributed by atoms with Crippen molar-refractivity contribution in [3.8, 4) is 0 Å². The van der Waals surface area contributed by atoms with E-state index in [0.717, 1.165) is 6.42 Å². The number of nitrogens with zero attached hydrogens (tertiary/aromatic N) is 1. The number of likely N-dealkylation sites (tertiary alicyclic amines) is 1. The van der Waals surface area contributed by atoms with Crippen LogP contribution in [0, 0.1) is 35.5 Å².